The van der Waals surface area contributed by atoms with Crippen LogP contribution in [0, 0.1) is 6.92 Å². The highest BCUT2D eigenvalue weighted by molar-refractivity contribution is 5.52. The molecule has 0 fully saturated rings. The molecule has 0 unspecified atom stereocenters. The van der Waals surface area contributed by atoms with Gasteiger partial charge in [0.25, 0.3) is 0 Å². The molecule has 0 amide bonds. The first kappa shape index (κ1) is 12.3. The van der Waals surface area contributed by atoms with Gasteiger partial charge in [0, 0.05) is 5.56 Å². The predicted molar refractivity (Wildman–Crippen MR) is 70.2 cm³/mol. The highest BCUT2D eigenvalue weighted by atomic mass is 16.5. The Hall–Kier alpha value is -2.16. The van der Waals surface area contributed by atoms with Gasteiger partial charge in [-0.2, -0.15) is 0 Å². The molecule has 0 atom stereocenters. The molecule has 1 N–H and O–H groups in total. The van der Waals surface area contributed by atoms with Gasteiger partial charge < -0.3 is 14.6 Å². The van der Waals surface area contributed by atoms with Gasteiger partial charge in [0.15, 0.2) is 11.5 Å². The molecule has 2 aromatic rings. The minimum absolute atomic E-state index is 0.129. The Morgan fingerprint density at radius 1 is 1.06 bits per heavy atom. The lowest BCUT2D eigenvalue weighted by Gasteiger charge is -2.13. The Labute approximate surface area is 107 Å². The predicted octanol–water partition coefficient (Wildman–Crippen LogP) is 3.29. The fourth-order valence-electron chi connectivity index (χ4n) is 1.79. The number of ether oxygens (including phenoxy) is 2. The number of aromatic hydroxyl groups is 1. The van der Waals surface area contributed by atoms with Gasteiger partial charge in [-0.25, -0.2) is 0 Å². The number of hydrogen-bond donors (Lipinski definition) is 1. The van der Waals surface area contributed by atoms with E-state index in [9.17, 15) is 5.11 Å². The summed E-state index contributed by atoms with van der Waals surface area (Å²) in [5.74, 6) is 1.30. The number of phenols is 1. The summed E-state index contributed by atoms with van der Waals surface area (Å²) in [5, 5.41) is 9.81. The van der Waals surface area contributed by atoms with Crippen molar-refractivity contribution in [3.8, 4) is 17.2 Å². The van der Waals surface area contributed by atoms with Gasteiger partial charge in [-0.05, 0) is 24.6 Å². The van der Waals surface area contributed by atoms with E-state index in [0.29, 0.717) is 18.1 Å². The third kappa shape index (κ3) is 2.56. The fraction of sp³-hybridized carbons (Fsp3) is 0.200. The quantitative estimate of drug-likeness (QED) is 0.897. The Morgan fingerprint density at radius 2 is 1.78 bits per heavy atom. The summed E-state index contributed by atoms with van der Waals surface area (Å²) in [6, 6.07) is 13.1. The van der Waals surface area contributed by atoms with E-state index in [1.807, 2.05) is 37.3 Å². The van der Waals surface area contributed by atoms with Crippen LogP contribution in [-0.2, 0) is 6.61 Å². The van der Waals surface area contributed by atoms with Crippen LogP contribution in [0.25, 0.3) is 0 Å². The van der Waals surface area contributed by atoms with Gasteiger partial charge in [0.2, 0.25) is 0 Å². The van der Waals surface area contributed by atoms with E-state index in [1.54, 1.807) is 19.2 Å². The minimum Gasteiger partial charge on any atom is -0.504 e. The first-order valence-corrected chi connectivity index (χ1v) is 5.75. The van der Waals surface area contributed by atoms with Crippen molar-refractivity contribution in [1.29, 1.82) is 0 Å². The molecule has 0 aliphatic rings. The molecule has 2 rings (SSSR count). The van der Waals surface area contributed by atoms with Gasteiger partial charge in [0.1, 0.15) is 12.4 Å². The van der Waals surface area contributed by atoms with Crippen LogP contribution in [-0.4, -0.2) is 12.2 Å². The zero-order valence-electron chi connectivity index (χ0n) is 10.5. The second kappa shape index (κ2) is 5.45. The molecular formula is C15H16O3. The topological polar surface area (TPSA) is 38.7 Å². The maximum atomic E-state index is 9.81. The molecule has 0 saturated heterocycles. The molecule has 0 saturated carbocycles. The summed E-state index contributed by atoms with van der Waals surface area (Å²) in [4.78, 5) is 0. The number of hydrogen-bond acceptors (Lipinski definition) is 3. The van der Waals surface area contributed by atoms with Crippen LogP contribution in [0.4, 0.5) is 0 Å². The summed E-state index contributed by atoms with van der Waals surface area (Å²) in [7, 11) is 1.60. The lowest BCUT2D eigenvalue weighted by atomic mass is 10.2. The second-order valence-corrected chi connectivity index (χ2v) is 4.02. The zero-order valence-corrected chi connectivity index (χ0v) is 10.5. The molecule has 0 aromatic heterocycles. The van der Waals surface area contributed by atoms with Crippen LogP contribution in [0.1, 0.15) is 11.1 Å². The first-order valence-electron chi connectivity index (χ1n) is 5.75. The monoisotopic (exact) mass is 244 g/mol. The van der Waals surface area contributed by atoms with Crippen molar-refractivity contribution in [1.82, 2.24) is 0 Å². The van der Waals surface area contributed by atoms with Crippen molar-refractivity contribution in [3.63, 3.8) is 0 Å². The molecule has 3 heteroatoms. The maximum Gasteiger partial charge on any atom is 0.168 e. The summed E-state index contributed by atoms with van der Waals surface area (Å²) in [6.45, 7) is 2.28. The summed E-state index contributed by atoms with van der Waals surface area (Å²) in [6.07, 6.45) is 0. The van der Waals surface area contributed by atoms with Gasteiger partial charge in [-0.3, -0.25) is 0 Å². The normalized spacial score (nSPS) is 10.1. The van der Waals surface area contributed by atoms with E-state index >= 15 is 0 Å². The molecule has 0 aliphatic heterocycles. The average Bonchev–Trinajstić information content (AvgIpc) is 2.40. The largest absolute Gasteiger partial charge is 0.504 e. The lowest BCUT2D eigenvalue weighted by molar-refractivity contribution is 0.284. The Balaban J connectivity index is 2.19. The molecule has 2 aromatic carbocycles. The van der Waals surface area contributed by atoms with Crippen molar-refractivity contribution in [2.45, 2.75) is 13.5 Å². The van der Waals surface area contributed by atoms with Gasteiger partial charge >= 0.3 is 0 Å². The van der Waals surface area contributed by atoms with Gasteiger partial charge in [-0.15, -0.1) is 0 Å². The van der Waals surface area contributed by atoms with Crippen LogP contribution in [0.3, 0.4) is 0 Å². The van der Waals surface area contributed by atoms with Crippen LogP contribution < -0.4 is 9.47 Å². The SMILES string of the molecule is COc1ccc(O)c(OCc2ccccc2)c1C. The van der Waals surface area contributed by atoms with E-state index in [0.717, 1.165) is 11.1 Å². The minimum atomic E-state index is 0.129. The Kier molecular flexibility index (Phi) is 3.72. The van der Waals surface area contributed by atoms with Crippen LogP contribution in [0.5, 0.6) is 17.2 Å². The maximum absolute atomic E-state index is 9.81. The molecule has 0 aliphatic carbocycles. The Bertz CT molecular complexity index is 521. The highest BCUT2D eigenvalue weighted by Crippen LogP contribution is 2.36. The van der Waals surface area contributed by atoms with E-state index in [-0.39, 0.29) is 5.75 Å². The number of phenolic OH excluding ortho intramolecular Hbond substituents is 1. The first-order chi connectivity index (χ1) is 8.72. The number of rotatable bonds is 4. The molecule has 0 spiro atoms. The number of methoxy groups -OCH3 is 1. The summed E-state index contributed by atoms with van der Waals surface area (Å²) < 4.78 is 10.9. The molecule has 18 heavy (non-hydrogen) atoms. The average molecular weight is 244 g/mol. The van der Waals surface area contributed by atoms with Crippen molar-refractivity contribution < 1.29 is 14.6 Å². The van der Waals surface area contributed by atoms with Crippen molar-refractivity contribution in [3.05, 3.63) is 53.6 Å². The van der Waals surface area contributed by atoms with Crippen LogP contribution in [0.15, 0.2) is 42.5 Å². The zero-order chi connectivity index (χ0) is 13.0. The fourth-order valence-corrected chi connectivity index (χ4v) is 1.79. The van der Waals surface area contributed by atoms with E-state index in [1.165, 1.54) is 0 Å². The standard InChI is InChI=1S/C15H16O3/c1-11-14(17-2)9-8-13(16)15(11)18-10-12-6-4-3-5-7-12/h3-9,16H,10H2,1-2H3. The third-order valence-electron chi connectivity index (χ3n) is 2.78. The van der Waals surface area contributed by atoms with E-state index in [2.05, 4.69) is 0 Å². The van der Waals surface area contributed by atoms with Crippen LogP contribution >= 0.6 is 0 Å². The molecule has 0 bridgehead atoms. The summed E-state index contributed by atoms with van der Waals surface area (Å²) >= 11 is 0. The van der Waals surface area contributed by atoms with Gasteiger partial charge in [0.05, 0.1) is 7.11 Å². The summed E-state index contributed by atoms with van der Waals surface area (Å²) in [5.41, 5.74) is 1.85. The number of benzene rings is 2. The smallest absolute Gasteiger partial charge is 0.168 e. The molecule has 3 nitrogen and oxygen atoms in total. The lowest BCUT2D eigenvalue weighted by Crippen LogP contribution is -1.98. The molecular weight excluding hydrogens is 228 g/mol. The van der Waals surface area contributed by atoms with E-state index in [4.69, 9.17) is 9.47 Å². The Morgan fingerprint density at radius 3 is 2.44 bits per heavy atom. The highest BCUT2D eigenvalue weighted by Gasteiger charge is 2.11. The molecule has 0 heterocycles. The molecule has 94 valence electrons. The van der Waals surface area contributed by atoms with Crippen molar-refractivity contribution >= 4 is 0 Å². The second-order valence-electron chi connectivity index (χ2n) is 4.02. The van der Waals surface area contributed by atoms with Crippen molar-refractivity contribution in [2.24, 2.45) is 0 Å². The third-order valence-corrected chi connectivity index (χ3v) is 2.78. The van der Waals surface area contributed by atoms with Gasteiger partial charge in [-0.1, -0.05) is 30.3 Å². The van der Waals surface area contributed by atoms with Crippen molar-refractivity contribution in [2.75, 3.05) is 7.11 Å². The molecule has 0 radical (unpaired) electrons. The van der Waals surface area contributed by atoms with Crippen LogP contribution in [0.2, 0.25) is 0 Å². The van der Waals surface area contributed by atoms with E-state index < -0.39 is 0 Å².